The number of benzene rings is 1. The van der Waals surface area contributed by atoms with Gasteiger partial charge < -0.3 is 14.6 Å². The number of carbonyl (C=O) groups excluding carboxylic acids is 1. The Kier molecular flexibility index (Phi) is 6.29. The van der Waals surface area contributed by atoms with Crippen molar-refractivity contribution in [3.8, 4) is 11.5 Å². The molecule has 1 N–H and O–H groups in total. The van der Waals surface area contributed by atoms with Crippen LogP contribution in [-0.2, 0) is 9.59 Å². The normalized spacial score (nSPS) is 9.85. The summed E-state index contributed by atoms with van der Waals surface area (Å²) in [7, 11) is 0. The van der Waals surface area contributed by atoms with Crippen molar-refractivity contribution in [2.75, 3.05) is 6.61 Å². The molecule has 108 valence electrons. The zero-order valence-electron chi connectivity index (χ0n) is 11.4. The van der Waals surface area contributed by atoms with E-state index < -0.39 is 11.9 Å². The standard InChI is InChI=1S/C15H18O5/c1-3-19-12-7-9-13(10-8-12)20-14(16)6-4-5-11(2)15(17)18/h7-10H,2-6H2,1H3,(H,17,18). The summed E-state index contributed by atoms with van der Waals surface area (Å²) in [4.78, 5) is 22.1. The molecular formula is C15H18O5. The number of hydrogen-bond acceptors (Lipinski definition) is 4. The van der Waals surface area contributed by atoms with Gasteiger partial charge in [0, 0.05) is 12.0 Å². The molecule has 0 saturated carbocycles. The number of ether oxygens (including phenoxy) is 2. The zero-order valence-corrected chi connectivity index (χ0v) is 11.4. The first-order chi connectivity index (χ1) is 9.52. The second-order valence-electron chi connectivity index (χ2n) is 4.14. The molecule has 5 heteroatoms. The van der Waals surface area contributed by atoms with Crippen molar-refractivity contribution in [1.29, 1.82) is 0 Å². The van der Waals surface area contributed by atoms with E-state index in [1.807, 2.05) is 6.92 Å². The average Bonchev–Trinajstić information content (AvgIpc) is 2.41. The molecule has 0 aliphatic heterocycles. The largest absolute Gasteiger partial charge is 0.494 e. The van der Waals surface area contributed by atoms with Crippen LogP contribution in [0.5, 0.6) is 11.5 Å². The molecule has 0 radical (unpaired) electrons. The molecule has 0 spiro atoms. The Bertz CT molecular complexity index is 476. The van der Waals surface area contributed by atoms with Crippen LogP contribution in [0.3, 0.4) is 0 Å². The fraction of sp³-hybridized carbons (Fsp3) is 0.333. The number of hydrogen-bond donors (Lipinski definition) is 1. The first-order valence-electron chi connectivity index (χ1n) is 6.37. The van der Waals surface area contributed by atoms with Crippen molar-refractivity contribution in [3.05, 3.63) is 36.4 Å². The molecule has 0 amide bonds. The molecule has 0 aliphatic rings. The van der Waals surface area contributed by atoms with E-state index in [4.69, 9.17) is 14.6 Å². The molecule has 5 nitrogen and oxygen atoms in total. The smallest absolute Gasteiger partial charge is 0.330 e. The van der Waals surface area contributed by atoms with Crippen LogP contribution < -0.4 is 9.47 Å². The van der Waals surface area contributed by atoms with Crippen LogP contribution in [-0.4, -0.2) is 23.7 Å². The molecule has 0 saturated heterocycles. The molecule has 0 unspecified atom stereocenters. The number of carboxylic acids is 1. The number of esters is 1. The molecular weight excluding hydrogens is 260 g/mol. The first-order valence-corrected chi connectivity index (χ1v) is 6.37. The van der Waals surface area contributed by atoms with E-state index in [2.05, 4.69) is 6.58 Å². The maximum atomic E-state index is 11.5. The molecule has 0 bridgehead atoms. The maximum Gasteiger partial charge on any atom is 0.330 e. The number of rotatable bonds is 8. The van der Waals surface area contributed by atoms with Crippen LogP contribution in [0.25, 0.3) is 0 Å². The predicted molar refractivity (Wildman–Crippen MR) is 73.9 cm³/mol. The van der Waals surface area contributed by atoms with Gasteiger partial charge in [0.25, 0.3) is 0 Å². The van der Waals surface area contributed by atoms with Crippen LogP contribution in [0.1, 0.15) is 26.2 Å². The highest BCUT2D eigenvalue weighted by Gasteiger charge is 2.08. The van der Waals surface area contributed by atoms with E-state index in [9.17, 15) is 9.59 Å². The van der Waals surface area contributed by atoms with Crippen LogP contribution in [0.15, 0.2) is 36.4 Å². The molecule has 0 aliphatic carbocycles. The van der Waals surface area contributed by atoms with Crippen molar-refractivity contribution in [2.24, 2.45) is 0 Å². The Morgan fingerprint density at radius 1 is 1.15 bits per heavy atom. The third kappa shape index (κ3) is 5.56. The van der Waals surface area contributed by atoms with Crippen molar-refractivity contribution in [3.63, 3.8) is 0 Å². The minimum atomic E-state index is -1.04. The summed E-state index contributed by atoms with van der Waals surface area (Å²) in [6, 6.07) is 6.74. The van der Waals surface area contributed by atoms with E-state index in [1.54, 1.807) is 24.3 Å². The minimum absolute atomic E-state index is 0.0962. The molecule has 0 aromatic heterocycles. The molecule has 1 aromatic carbocycles. The predicted octanol–water partition coefficient (Wildman–Crippen LogP) is 2.80. The van der Waals surface area contributed by atoms with Gasteiger partial charge in [-0.05, 0) is 44.0 Å². The Balaban J connectivity index is 2.35. The van der Waals surface area contributed by atoms with Gasteiger partial charge in [0.15, 0.2) is 0 Å². The van der Waals surface area contributed by atoms with Crippen molar-refractivity contribution >= 4 is 11.9 Å². The van der Waals surface area contributed by atoms with Gasteiger partial charge in [-0.25, -0.2) is 4.79 Å². The minimum Gasteiger partial charge on any atom is -0.494 e. The quantitative estimate of drug-likeness (QED) is 0.449. The van der Waals surface area contributed by atoms with E-state index >= 15 is 0 Å². The van der Waals surface area contributed by atoms with Crippen molar-refractivity contribution in [2.45, 2.75) is 26.2 Å². The van der Waals surface area contributed by atoms with Gasteiger partial charge >= 0.3 is 11.9 Å². The second-order valence-corrected chi connectivity index (χ2v) is 4.14. The average molecular weight is 278 g/mol. The van der Waals surface area contributed by atoms with Gasteiger partial charge in [0.1, 0.15) is 11.5 Å². The van der Waals surface area contributed by atoms with Crippen LogP contribution in [0, 0.1) is 0 Å². The van der Waals surface area contributed by atoms with Crippen LogP contribution in [0.2, 0.25) is 0 Å². The lowest BCUT2D eigenvalue weighted by Crippen LogP contribution is -2.08. The molecule has 0 atom stereocenters. The van der Waals surface area contributed by atoms with Crippen molar-refractivity contribution < 1.29 is 24.2 Å². The molecule has 20 heavy (non-hydrogen) atoms. The zero-order chi connectivity index (χ0) is 15.0. The summed E-state index contributed by atoms with van der Waals surface area (Å²) in [5, 5.41) is 8.62. The Hall–Kier alpha value is -2.30. The molecule has 0 heterocycles. The SMILES string of the molecule is C=C(CCCC(=O)Oc1ccc(OCC)cc1)C(=O)O. The number of aliphatic carboxylic acids is 1. The summed E-state index contributed by atoms with van der Waals surface area (Å²) in [6.45, 7) is 5.86. The highest BCUT2D eigenvalue weighted by molar-refractivity contribution is 5.85. The summed E-state index contributed by atoms with van der Waals surface area (Å²) >= 11 is 0. The molecule has 1 rings (SSSR count). The number of carboxylic acid groups (broad SMARTS) is 1. The number of carbonyl (C=O) groups is 2. The Labute approximate surface area is 117 Å². The summed E-state index contributed by atoms with van der Waals surface area (Å²) < 4.78 is 10.4. The van der Waals surface area contributed by atoms with Crippen LogP contribution in [0.4, 0.5) is 0 Å². The van der Waals surface area contributed by atoms with E-state index in [0.29, 0.717) is 24.5 Å². The monoisotopic (exact) mass is 278 g/mol. The molecule has 0 fully saturated rings. The maximum absolute atomic E-state index is 11.5. The van der Waals surface area contributed by atoms with Gasteiger partial charge in [-0.15, -0.1) is 0 Å². The fourth-order valence-corrected chi connectivity index (χ4v) is 1.51. The Morgan fingerprint density at radius 3 is 2.30 bits per heavy atom. The summed E-state index contributed by atoms with van der Waals surface area (Å²) in [6.07, 6.45) is 0.828. The lowest BCUT2D eigenvalue weighted by molar-refractivity contribution is -0.135. The van der Waals surface area contributed by atoms with E-state index in [1.165, 1.54) is 0 Å². The third-order valence-corrected chi connectivity index (χ3v) is 2.53. The van der Waals surface area contributed by atoms with Gasteiger partial charge in [-0.2, -0.15) is 0 Å². The fourth-order valence-electron chi connectivity index (χ4n) is 1.51. The highest BCUT2D eigenvalue weighted by Crippen LogP contribution is 2.18. The highest BCUT2D eigenvalue weighted by atomic mass is 16.5. The van der Waals surface area contributed by atoms with Gasteiger partial charge in [-0.3, -0.25) is 4.79 Å². The Morgan fingerprint density at radius 2 is 1.75 bits per heavy atom. The second kappa shape index (κ2) is 7.99. The summed E-state index contributed by atoms with van der Waals surface area (Å²) in [5.41, 5.74) is 0.0962. The topological polar surface area (TPSA) is 72.8 Å². The van der Waals surface area contributed by atoms with Gasteiger partial charge in [0.05, 0.1) is 6.61 Å². The first kappa shape index (κ1) is 15.8. The summed E-state index contributed by atoms with van der Waals surface area (Å²) in [5.74, 6) is -0.280. The van der Waals surface area contributed by atoms with Gasteiger partial charge in [0.2, 0.25) is 0 Å². The van der Waals surface area contributed by atoms with Gasteiger partial charge in [-0.1, -0.05) is 6.58 Å². The van der Waals surface area contributed by atoms with Crippen molar-refractivity contribution in [1.82, 2.24) is 0 Å². The van der Waals surface area contributed by atoms with Crippen LogP contribution >= 0.6 is 0 Å². The van der Waals surface area contributed by atoms with E-state index in [0.717, 1.165) is 0 Å². The lowest BCUT2D eigenvalue weighted by atomic mass is 10.1. The lowest BCUT2D eigenvalue weighted by Gasteiger charge is -2.06. The van der Waals surface area contributed by atoms with E-state index in [-0.39, 0.29) is 18.4 Å². The third-order valence-electron chi connectivity index (χ3n) is 2.53. The molecule has 1 aromatic rings.